The zero-order valence-electron chi connectivity index (χ0n) is 24.2. The molecule has 1 aliphatic carbocycles. The summed E-state index contributed by atoms with van der Waals surface area (Å²) in [6, 6.07) is 15.3. The molecule has 226 valence electrons. The molecule has 4 aromatic rings. The maximum atomic E-state index is 14.7. The summed E-state index contributed by atoms with van der Waals surface area (Å²) in [5.41, 5.74) is 4.57. The molecule has 9 nitrogen and oxygen atoms in total. The van der Waals surface area contributed by atoms with E-state index in [0.717, 1.165) is 67.0 Å². The molecule has 1 unspecified atom stereocenters. The Balaban J connectivity index is 1.01. The highest BCUT2D eigenvalue weighted by Crippen LogP contribution is 2.33. The van der Waals surface area contributed by atoms with Crippen LogP contribution in [0.1, 0.15) is 63.5 Å². The number of Topliss-reactive ketones (excluding diaryl/α,β-unsaturated/α-hetero) is 1. The van der Waals surface area contributed by atoms with Crippen LogP contribution in [-0.4, -0.2) is 62.1 Å². The van der Waals surface area contributed by atoms with Crippen molar-refractivity contribution in [3.05, 3.63) is 94.7 Å². The number of aromatic carboxylic acids is 1. The summed E-state index contributed by atoms with van der Waals surface area (Å²) in [6.45, 7) is 3.56. The molecule has 4 heterocycles. The van der Waals surface area contributed by atoms with Gasteiger partial charge in [0.2, 0.25) is 5.88 Å². The first-order chi connectivity index (χ1) is 21.4. The van der Waals surface area contributed by atoms with Crippen LogP contribution in [0, 0.1) is 11.7 Å². The molecule has 1 atom stereocenters. The average Bonchev–Trinajstić information content (AvgIpc) is 3.81. The molecule has 0 radical (unpaired) electrons. The second-order valence-corrected chi connectivity index (χ2v) is 11.7. The molecule has 1 N–H and O–H groups in total. The summed E-state index contributed by atoms with van der Waals surface area (Å²) in [5, 5.41) is 9.51. The Hall–Kier alpha value is -4.41. The lowest BCUT2D eigenvalue weighted by molar-refractivity contribution is -0.0591. The van der Waals surface area contributed by atoms with Crippen LogP contribution < -0.4 is 4.74 Å². The van der Waals surface area contributed by atoms with Crippen LogP contribution >= 0.6 is 0 Å². The van der Waals surface area contributed by atoms with Crippen molar-refractivity contribution in [1.82, 2.24) is 19.4 Å². The van der Waals surface area contributed by atoms with Crippen molar-refractivity contribution in [2.45, 2.75) is 51.5 Å². The van der Waals surface area contributed by atoms with Crippen LogP contribution in [0.15, 0.2) is 60.7 Å². The molecule has 2 fully saturated rings. The van der Waals surface area contributed by atoms with Crippen molar-refractivity contribution in [3.63, 3.8) is 0 Å². The number of nitrogens with zero attached hydrogens (tertiary/aromatic N) is 4. The molecule has 0 amide bonds. The third kappa shape index (κ3) is 6.00. The van der Waals surface area contributed by atoms with Crippen molar-refractivity contribution in [2.75, 3.05) is 19.7 Å². The normalized spacial score (nSPS) is 18.6. The number of halogens is 1. The Morgan fingerprint density at radius 1 is 1.05 bits per heavy atom. The van der Waals surface area contributed by atoms with Gasteiger partial charge in [0.25, 0.3) is 0 Å². The van der Waals surface area contributed by atoms with Gasteiger partial charge in [-0.1, -0.05) is 24.3 Å². The van der Waals surface area contributed by atoms with E-state index in [-0.39, 0.29) is 30.0 Å². The van der Waals surface area contributed by atoms with Gasteiger partial charge in [0.15, 0.2) is 5.78 Å². The minimum atomic E-state index is -0.958. The molecule has 1 saturated carbocycles. The van der Waals surface area contributed by atoms with E-state index < -0.39 is 11.8 Å². The number of benzene rings is 2. The van der Waals surface area contributed by atoms with Gasteiger partial charge < -0.3 is 19.1 Å². The summed E-state index contributed by atoms with van der Waals surface area (Å²) in [5.74, 6) is -0.0360. The van der Waals surface area contributed by atoms with E-state index in [1.54, 1.807) is 36.4 Å². The highest BCUT2D eigenvalue weighted by atomic mass is 19.1. The number of aromatic nitrogens is 3. The highest BCUT2D eigenvalue weighted by Gasteiger charge is 2.30. The number of imidazole rings is 1. The second kappa shape index (κ2) is 11.9. The Kier molecular flexibility index (Phi) is 7.69. The van der Waals surface area contributed by atoms with Gasteiger partial charge >= 0.3 is 5.97 Å². The zero-order valence-corrected chi connectivity index (χ0v) is 24.2. The average molecular weight is 597 g/mol. The van der Waals surface area contributed by atoms with Gasteiger partial charge in [0.05, 0.1) is 41.5 Å². The Labute approximate surface area is 253 Å². The molecule has 10 heteroatoms. The van der Waals surface area contributed by atoms with Crippen molar-refractivity contribution in [1.29, 1.82) is 0 Å². The maximum Gasteiger partial charge on any atom is 0.335 e. The van der Waals surface area contributed by atoms with Crippen LogP contribution in [0.4, 0.5) is 4.39 Å². The fourth-order valence-electron chi connectivity index (χ4n) is 5.77. The van der Waals surface area contributed by atoms with E-state index in [2.05, 4.69) is 20.5 Å². The van der Waals surface area contributed by atoms with Gasteiger partial charge in [0.1, 0.15) is 18.2 Å². The Morgan fingerprint density at radius 3 is 2.59 bits per heavy atom. The number of fused-ring (bicyclic) bond motifs is 1. The van der Waals surface area contributed by atoms with Crippen molar-refractivity contribution in [2.24, 2.45) is 5.92 Å². The van der Waals surface area contributed by atoms with Crippen LogP contribution in [0.5, 0.6) is 5.88 Å². The lowest BCUT2D eigenvalue weighted by atomic mass is 10.0. The minimum Gasteiger partial charge on any atom is -0.478 e. The van der Waals surface area contributed by atoms with Gasteiger partial charge in [-0.3, -0.25) is 9.69 Å². The zero-order chi connectivity index (χ0) is 30.2. The summed E-state index contributed by atoms with van der Waals surface area (Å²) >= 11 is 0. The van der Waals surface area contributed by atoms with Gasteiger partial charge in [-0.15, -0.1) is 0 Å². The molecule has 2 aliphatic heterocycles. The summed E-state index contributed by atoms with van der Waals surface area (Å²) in [4.78, 5) is 35.7. The van der Waals surface area contributed by atoms with Crippen LogP contribution in [0.25, 0.3) is 16.6 Å². The number of hydrogen-bond acceptors (Lipinski definition) is 7. The van der Waals surface area contributed by atoms with Crippen molar-refractivity contribution < 1.29 is 28.6 Å². The molecule has 2 aromatic carbocycles. The lowest BCUT2D eigenvalue weighted by Crippen LogP contribution is -2.33. The first-order valence-electron chi connectivity index (χ1n) is 15.1. The molecule has 3 aliphatic rings. The van der Waals surface area contributed by atoms with E-state index in [1.165, 1.54) is 6.07 Å². The second-order valence-electron chi connectivity index (χ2n) is 11.7. The molecule has 7 rings (SSSR count). The smallest absolute Gasteiger partial charge is 0.335 e. The largest absolute Gasteiger partial charge is 0.478 e. The highest BCUT2D eigenvalue weighted by molar-refractivity contribution is 5.99. The third-order valence-corrected chi connectivity index (χ3v) is 8.63. The van der Waals surface area contributed by atoms with E-state index in [4.69, 9.17) is 14.5 Å². The van der Waals surface area contributed by atoms with Crippen LogP contribution in [0.3, 0.4) is 0 Å². The molecule has 2 aromatic heterocycles. The van der Waals surface area contributed by atoms with E-state index in [1.807, 2.05) is 12.1 Å². The topological polar surface area (TPSA) is 107 Å². The minimum absolute atomic E-state index is 0.0151. The monoisotopic (exact) mass is 596 g/mol. The number of hydrogen-bond donors (Lipinski definition) is 1. The number of rotatable bonds is 11. The van der Waals surface area contributed by atoms with Gasteiger partial charge in [0, 0.05) is 42.8 Å². The molecular formula is C34H33FN4O5. The van der Waals surface area contributed by atoms with E-state index >= 15 is 0 Å². The quantitative estimate of drug-likeness (QED) is 0.226. The SMILES string of the molecule is O=C(O)c1ccc2nc(CN3CC=C(c4cccc(OCc5ccc(C(=O)C6CC6)cc5F)n4)CC3)n(CC3CCO3)c2c1. The van der Waals surface area contributed by atoms with Crippen molar-refractivity contribution >= 4 is 28.4 Å². The molecule has 0 bridgehead atoms. The number of carbonyl (C=O) groups is 2. The number of carbonyl (C=O) groups excluding carboxylic acids is 1. The molecule has 44 heavy (non-hydrogen) atoms. The lowest BCUT2D eigenvalue weighted by Gasteiger charge is -2.29. The van der Waals surface area contributed by atoms with Gasteiger partial charge in [-0.05, 0) is 61.6 Å². The third-order valence-electron chi connectivity index (χ3n) is 8.63. The predicted octanol–water partition coefficient (Wildman–Crippen LogP) is 5.52. The van der Waals surface area contributed by atoms with Gasteiger partial charge in [-0.25, -0.2) is 19.2 Å². The summed E-state index contributed by atoms with van der Waals surface area (Å²) in [6.07, 6.45) is 5.81. The standard InChI is InChI=1S/C34H33FN4O5/c35-27-16-23(33(40)22-4-5-22)6-7-25(27)20-44-32-3-1-2-28(37-32)21-10-13-38(14-11-21)19-31-36-29-9-8-24(34(41)42)17-30(29)39(31)18-26-12-15-43-26/h1-3,6-10,16-17,22,26H,4-5,11-15,18-20H2,(H,41,42). The predicted molar refractivity (Wildman–Crippen MR) is 161 cm³/mol. The summed E-state index contributed by atoms with van der Waals surface area (Å²) < 4.78 is 28.3. The van der Waals surface area contributed by atoms with E-state index in [0.29, 0.717) is 36.6 Å². The molecule has 1 saturated heterocycles. The van der Waals surface area contributed by atoms with Gasteiger partial charge in [-0.2, -0.15) is 0 Å². The number of pyridine rings is 1. The van der Waals surface area contributed by atoms with Crippen LogP contribution in [-0.2, 0) is 24.4 Å². The van der Waals surface area contributed by atoms with Crippen molar-refractivity contribution in [3.8, 4) is 5.88 Å². The Morgan fingerprint density at radius 2 is 1.89 bits per heavy atom. The first-order valence-corrected chi connectivity index (χ1v) is 15.1. The van der Waals surface area contributed by atoms with E-state index in [9.17, 15) is 19.1 Å². The number of ketones is 1. The first kappa shape index (κ1) is 28.4. The molecular weight excluding hydrogens is 563 g/mol. The fourth-order valence-corrected chi connectivity index (χ4v) is 5.77. The Bertz CT molecular complexity index is 1770. The van der Waals surface area contributed by atoms with Crippen LogP contribution in [0.2, 0.25) is 0 Å². The number of ether oxygens (including phenoxy) is 2. The molecule has 0 spiro atoms. The summed E-state index contributed by atoms with van der Waals surface area (Å²) in [7, 11) is 0. The number of carboxylic acid groups (broad SMARTS) is 1. The number of carboxylic acids is 1. The fraction of sp³-hybridized carbons (Fsp3) is 0.353. The maximum absolute atomic E-state index is 14.7.